The quantitative estimate of drug-likeness (QED) is 0.0281. The molecule has 0 radical (unpaired) electrons. The van der Waals surface area contributed by atoms with Gasteiger partial charge in [-0.05, 0) is 83.5 Å². The second kappa shape index (κ2) is 48.0. The number of allylic oxidation sites excluding steroid dienone is 14. The number of hydrogen-bond acceptors (Lipinski definition) is 6. The number of carboxylic acid groups (broad SMARTS) is 1. The molecule has 8 nitrogen and oxygen atoms in total. The number of hydrogen-bond donors (Lipinski definition) is 1. The van der Waals surface area contributed by atoms with Crippen molar-refractivity contribution in [1.82, 2.24) is 0 Å². The first-order chi connectivity index (χ1) is 32.1. The highest BCUT2D eigenvalue weighted by molar-refractivity contribution is 5.72. The van der Waals surface area contributed by atoms with Crippen LogP contribution in [0.4, 0.5) is 0 Å². The van der Waals surface area contributed by atoms with Crippen LogP contribution in [0.15, 0.2) is 85.1 Å². The summed E-state index contributed by atoms with van der Waals surface area (Å²) in [5.41, 5.74) is 0. The van der Waals surface area contributed by atoms with Crippen LogP contribution in [-0.4, -0.2) is 80.6 Å². The molecule has 0 saturated carbocycles. The van der Waals surface area contributed by atoms with Crippen LogP contribution in [0.2, 0.25) is 0 Å². The van der Waals surface area contributed by atoms with Crippen LogP contribution in [0.5, 0.6) is 0 Å². The predicted octanol–water partition coefficient (Wildman–Crippen LogP) is 15.6. The minimum Gasteiger partial charge on any atom is -0.477 e. The van der Waals surface area contributed by atoms with E-state index in [2.05, 4.69) is 98.9 Å². The molecule has 0 aliphatic carbocycles. The summed E-state index contributed by atoms with van der Waals surface area (Å²) >= 11 is 0. The van der Waals surface area contributed by atoms with Crippen LogP contribution in [0.3, 0.4) is 0 Å². The summed E-state index contributed by atoms with van der Waals surface area (Å²) in [4.78, 5) is 37.2. The van der Waals surface area contributed by atoms with Crippen molar-refractivity contribution in [3.05, 3.63) is 85.1 Å². The topological polar surface area (TPSA) is 99.1 Å². The maximum atomic E-state index is 12.8. The molecule has 0 aromatic heterocycles. The average molecular weight is 923 g/mol. The Morgan fingerprint density at radius 3 is 1.18 bits per heavy atom. The summed E-state index contributed by atoms with van der Waals surface area (Å²) in [6.07, 6.45) is 63.5. The van der Waals surface area contributed by atoms with Crippen molar-refractivity contribution in [3.8, 4) is 0 Å². The van der Waals surface area contributed by atoms with Crippen molar-refractivity contribution in [3.63, 3.8) is 0 Å². The van der Waals surface area contributed by atoms with Crippen molar-refractivity contribution < 1.29 is 38.2 Å². The maximum absolute atomic E-state index is 12.8. The third-order valence-electron chi connectivity index (χ3n) is 11.5. The number of carboxylic acids is 1. The van der Waals surface area contributed by atoms with Crippen LogP contribution in [0, 0.1) is 0 Å². The lowest BCUT2D eigenvalue weighted by Gasteiger charge is -2.31. The van der Waals surface area contributed by atoms with Gasteiger partial charge in [0.15, 0.2) is 12.1 Å². The van der Waals surface area contributed by atoms with Gasteiger partial charge < -0.3 is 23.8 Å². The Labute approximate surface area is 405 Å². The minimum absolute atomic E-state index is 0.0542. The van der Waals surface area contributed by atoms with E-state index in [4.69, 9.17) is 14.2 Å². The molecule has 0 aliphatic heterocycles. The second-order valence-corrected chi connectivity index (χ2v) is 18.7. The van der Waals surface area contributed by atoms with Crippen molar-refractivity contribution in [2.24, 2.45) is 0 Å². The fourth-order valence-corrected chi connectivity index (χ4v) is 7.51. The van der Waals surface area contributed by atoms with Crippen LogP contribution >= 0.6 is 0 Å². The maximum Gasteiger partial charge on any atom is 0.362 e. The predicted molar refractivity (Wildman–Crippen MR) is 280 cm³/mol. The number of carbonyl (C=O) groups is 3. The first-order valence-electron chi connectivity index (χ1n) is 26.6. The molecule has 0 saturated heterocycles. The Hall–Kier alpha value is -3.49. The molecule has 0 fully saturated rings. The van der Waals surface area contributed by atoms with Crippen LogP contribution < -0.4 is 0 Å². The molecule has 2 atom stereocenters. The van der Waals surface area contributed by atoms with Gasteiger partial charge >= 0.3 is 17.9 Å². The van der Waals surface area contributed by atoms with E-state index in [9.17, 15) is 19.5 Å². The number of quaternary nitrogens is 1. The van der Waals surface area contributed by atoms with E-state index >= 15 is 0 Å². The van der Waals surface area contributed by atoms with E-state index in [1.165, 1.54) is 89.9 Å². The summed E-state index contributed by atoms with van der Waals surface area (Å²) in [7, 11) is 5.53. The van der Waals surface area contributed by atoms with Crippen LogP contribution in [0.25, 0.3) is 0 Å². The zero-order valence-corrected chi connectivity index (χ0v) is 43.1. The third-order valence-corrected chi connectivity index (χ3v) is 11.5. The Balaban J connectivity index is 4.23. The number of unbranched alkanes of at least 4 members (excludes halogenated alkanes) is 19. The highest BCUT2D eigenvalue weighted by Crippen LogP contribution is 2.15. The van der Waals surface area contributed by atoms with Crippen molar-refractivity contribution in [1.29, 1.82) is 0 Å². The molecule has 0 bridgehead atoms. The average Bonchev–Trinajstić information content (AvgIpc) is 3.28. The smallest absolute Gasteiger partial charge is 0.362 e. The number of ether oxygens (including phenoxy) is 3. The molecular weight excluding hydrogens is 823 g/mol. The lowest BCUT2D eigenvalue weighted by Crippen LogP contribution is -2.50. The number of carbonyl (C=O) groups excluding carboxylic acids is 2. The van der Waals surface area contributed by atoms with Crippen molar-refractivity contribution >= 4 is 17.9 Å². The number of esters is 2. The molecule has 1 N–H and O–H groups in total. The van der Waals surface area contributed by atoms with E-state index in [-0.39, 0.29) is 36.2 Å². The molecule has 0 aliphatic rings. The normalized spacial score (nSPS) is 13.5. The van der Waals surface area contributed by atoms with Crippen molar-refractivity contribution in [2.75, 3.05) is 41.0 Å². The fraction of sp³-hybridized carbons (Fsp3) is 0.707. The monoisotopic (exact) mass is 923 g/mol. The van der Waals surface area contributed by atoms with Gasteiger partial charge in [-0.15, -0.1) is 0 Å². The van der Waals surface area contributed by atoms with Gasteiger partial charge in [0.2, 0.25) is 0 Å². The summed E-state index contributed by atoms with van der Waals surface area (Å²) in [5, 5.41) is 9.67. The SMILES string of the molecule is CC/C=C/C/C=C/C/C=C/C/C=C/CCCCCCCCCCCCC(=O)OCC(COCCC(C(=O)O)[N+](C)(C)C)OC(=O)CCCCCCCCCCC/C=C/C/C=C/C/C=C/CC. The molecular formula is C58H100NO7+. The van der Waals surface area contributed by atoms with Crippen LogP contribution in [-0.2, 0) is 28.6 Å². The Morgan fingerprint density at radius 2 is 0.803 bits per heavy atom. The largest absolute Gasteiger partial charge is 0.477 e. The zero-order chi connectivity index (χ0) is 48.4. The Bertz CT molecular complexity index is 1350. The number of rotatable bonds is 47. The molecule has 0 rings (SSSR count). The van der Waals surface area contributed by atoms with Crippen LogP contribution in [0.1, 0.15) is 213 Å². The van der Waals surface area contributed by atoms with Gasteiger partial charge in [-0.2, -0.15) is 0 Å². The molecule has 0 spiro atoms. The van der Waals surface area contributed by atoms with E-state index in [0.29, 0.717) is 19.3 Å². The van der Waals surface area contributed by atoms with Gasteiger partial charge in [0, 0.05) is 19.3 Å². The van der Waals surface area contributed by atoms with Gasteiger partial charge in [0.05, 0.1) is 34.4 Å². The summed E-state index contributed by atoms with van der Waals surface area (Å²) in [5.74, 6) is -1.48. The Kier molecular flexibility index (Phi) is 45.4. The lowest BCUT2D eigenvalue weighted by atomic mass is 10.1. The summed E-state index contributed by atoms with van der Waals surface area (Å²) in [6, 6.07) is -0.621. The van der Waals surface area contributed by atoms with Gasteiger partial charge in [0.1, 0.15) is 6.61 Å². The van der Waals surface area contributed by atoms with E-state index in [1.807, 2.05) is 21.1 Å². The molecule has 8 heteroatoms. The summed E-state index contributed by atoms with van der Waals surface area (Å²) < 4.78 is 17.4. The first-order valence-corrected chi connectivity index (χ1v) is 26.6. The van der Waals surface area contributed by atoms with Gasteiger partial charge in [-0.1, -0.05) is 195 Å². The van der Waals surface area contributed by atoms with Crippen molar-refractivity contribution in [2.45, 2.75) is 225 Å². The Morgan fingerprint density at radius 1 is 0.455 bits per heavy atom. The molecule has 0 heterocycles. The number of nitrogens with zero attached hydrogens (tertiary/aromatic N) is 1. The lowest BCUT2D eigenvalue weighted by molar-refractivity contribution is -0.887. The van der Waals surface area contributed by atoms with E-state index in [1.54, 1.807) is 0 Å². The molecule has 2 unspecified atom stereocenters. The van der Waals surface area contributed by atoms with Gasteiger partial charge in [-0.25, -0.2) is 4.79 Å². The number of aliphatic carboxylic acids is 1. The highest BCUT2D eigenvalue weighted by atomic mass is 16.6. The second-order valence-electron chi connectivity index (χ2n) is 18.7. The third kappa shape index (κ3) is 45.7. The molecule has 378 valence electrons. The summed E-state index contributed by atoms with van der Waals surface area (Å²) in [6.45, 7) is 4.52. The fourth-order valence-electron chi connectivity index (χ4n) is 7.51. The van der Waals surface area contributed by atoms with E-state index in [0.717, 1.165) is 89.9 Å². The molecule has 0 amide bonds. The highest BCUT2D eigenvalue weighted by Gasteiger charge is 2.31. The van der Waals surface area contributed by atoms with Gasteiger partial charge in [-0.3, -0.25) is 9.59 Å². The number of likely N-dealkylation sites (N-methyl/N-ethyl adjacent to an activating group) is 1. The minimum atomic E-state index is -0.878. The first kappa shape index (κ1) is 62.5. The van der Waals surface area contributed by atoms with Gasteiger partial charge in [0.25, 0.3) is 0 Å². The molecule has 66 heavy (non-hydrogen) atoms. The standard InChI is InChI=1S/C58H99NO7/c1-6-8-10-12-14-16-18-20-22-24-26-27-28-29-31-32-34-36-38-40-42-44-46-48-56(60)65-53-54(52-64-51-50-55(58(62)63)59(3,4)5)66-57(61)49-47-45-43-41-39-37-35-33-30-25-23-21-19-17-15-13-11-9-7-2/h8-11,14-17,20-23,26-27,54-55H,6-7,12-13,18-19,24-25,28-53H2,1-5H3/p+1/b10-8+,11-9+,16-14+,17-15+,22-20+,23-21+,27-26+. The zero-order valence-electron chi connectivity index (χ0n) is 43.1. The molecule has 0 aromatic rings. The molecule has 0 aromatic carbocycles. The van der Waals surface area contributed by atoms with E-state index < -0.39 is 18.1 Å².